The van der Waals surface area contributed by atoms with E-state index in [1.165, 1.54) is 15.9 Å². The summed E-state index contributed by atoms with van der Waals surface area (Å²) in [6, 6.07) is 0. The van der Waals surface area contributed by atoms with Crippen LogP contribution in [0.4, 0.5) is 0 Å². The Morgan fingerprint density at radius 1 is 1.31 bits per heavy atom. The summed E-state index contributed by atoms with van der Waals surface area (Å²) in [6.07, 6.45) is 1.33. The minimum Gasteiger partial charge on any atom is -0.291 e. The minimum atomic E-state index is -0.790. The summed E-state index contributed by atoms with van der Waals surface area (Å²) in [7, 11) is 3.09. The van der Waals surface area contributed by atoms with Crippen LogP contribution in [-0.4, -0.2) is 40.8 Å². The van der Waals surface area contributed by atoms with Gasteiger partial charge in [-0.2, -0.15) is 0 Å². The highest BCUT2D eigenvalue weighted by atomic mass is 32.1. The lowest BCUT2D eigenvalue weighted by molar-refractivity contribution is -0.143. The Bertz CT molecular complexity index is 277. The molecule has 0 unspecified atom stereocenters. The first-order chi connectivity index (χ1) is 6.00. The van der Waals surface area contributed by atoms with Gasteiger partial charge in [0.15, 0.2) is 5.11 Å². The van der Waals surface area contributed by atoms with Gasteiger partial charge in [0.2, 0.25) is 11.8 Å². The molecule has 70 valence electrons. The van der Waals surface area contributed by atoms with E-state index in [-0.39, 0.29) is 16.9 Å². The SMILES string of the molecule is C=CC1C(=O)N(C)C(=S)N(C)C1=O. The average Bonchev–Trinajstić information content (AvgIpc) is 2.13. The molecule has 0 radical (unpaired) electrons. The molecule has 1 saturated heterocycles. The third kappa shape index (κ3) is 1.35. The van der Waals surface area contributed by atoms with Gasteiger partial charge in [-0.3, -0.25) is 19.4 Å². The predicted octanol–water partition coefficient (Wildman–Crippen LogP) is 0.00390. The molecule has 1 fully saturated rings. The molecule has 0 atom stereocenters. The Morgan fingerprint density at radius 3 is 2.00 bits per heavy atom. The van der Waals surface area contributed by atoms with Gasteiger partial charge in [-0.1, -0.05) is 6.08 Å². The van der Waals surface area contributed by atoms with Gasteiger partial charge in [0.05, 0.1) is 0 Å². The second-order valence-electron chi connectivity index (χ2n) is 2.79. The van der Waals surface area contributed by atoms with E-state index in [4.69, 9.17) is 12.2 Å². The first kappa shape index (κ1) is 9.85. The molecular weight excluding hydrogens is 188 g/mol. The summed E-state index contributed by atoms with van der Waals surface area (Å²) < 4.78 is 0. The Labute approximate surface area is 81.8 Å². The quantitative estimate of drug-likeness (QED) is 0.338. The summed E-state index contributed by atoms with van der Waals surface area (Å²) in [6.45, 7) is 3.44. The van der Waals surface area contributed by atoms with Crippen LogP contribution in [0.1, 0.15) is 0 Å². The van der Waals surface area contributed by atoms with Gasteiger partial charge in [-0.15, -0.1) is 6.58 Å². The van der Waals surface area contributed by atoms with Gasteiger partial charge in [0.25, 0.3) is 0 Å². The smallest absolute Gasteiger partial charge is 0.244 e. The fourth-order valence-electron chi connectivity index (χ4n) is 1.14. The third-order valence-corrected chi connectivity index (χ3v) is 2.55. The molecule has 4 nitrogen and oxygen atoms in total. The highest BCUT2D eigenvalue weighted by molar-refractivity contribution is 7.80. The van der Waals surface area contributed by atoms with Gasteiger partial charge in [0.1, 0.15) is 5.92 Å². The van der Waals surface area contributed by atoms with Gasteiger partial charge in [-0.25, -0.2) is 0 Å². The largest absolute Gasteiger partial charge is 0.291 e. The maximum Gasteiger partial charge on any atom is 0.244 e. The van der Waals surface area contributed by atoms with E-state index in [0.717, 1.165) is 0 Å². The summed E-state index contributed by atoms with van der Waals surface area (Å²) in [5.41, 5.74) is 0. The zero-order valence-electron chi connectivity index (χ0n) is 7.48. The highest BCUT2D eigenvalue weighted by Gasteiger charge is 2.38. The third-order valence-electron chi connectivity index (χ3n) is 2.00. The fourth-order valence-corrected chi connectivity index (χ4v) is 1.32. The van der Waals surface area contributed by atoms with Crippen LogP contribution >= 0.6 is 12.2 Å². The number of hydrogen-bond donors (Lipinski definition) is 0. The van der Waals surface area contributed by atoms with E-state index in [1.807, 2.05) is 0 Å². The molecule has 5 heteroatoms. The number of nitrogens with zero attached hydrogens (tertiary/aromatic N) is 2. The van der Waals surface area contributed by atoms with Crippen molar-refractivity contribution in [2.45, 2.75) is 0 Å². The van der Waals surface area contributed by atoms with Crippen LogP contribution in [0.5, 0.6) is 0 Å². The molecule has 0 aromatic carbocycles. The Balaban J connectivity index is 3.05. The number of rotatable bonds is 1. The molecule has 0 saturated carbocycles. The van der Waals surface area contributed by atoms with Crippen LogP contribution in [0.25, 0.3) is 0 Å². The van der Waals surface area contributed by atoms with Crippen LogP contribution in [0, 0.1) is 5.92 Å². The molecule has 13 heavy (non-hydrogen) atoms. The molecule has 0 N–H and O–H groups in total. The van der Waals surface area contributed by atoms with Crippen molar-refractivity contribution in [2.75, 3.05) is 14.1 Å². The molecule has 0 bridgehead atoms. The second kappa shape index (κ2) is 3.26. The lowest BCUT2D eigenvalue weighted by Gasteiger charge is -2.34. The number of hydrogen-bond acceptors (Lipinski definition) is 3. The van der Waals surface area contributed by atoms with Gasteiger partial charge in [-0.05, 0) is 12.2 Å². The summed E-state index contributed by atoms with van der Waals surface area (Å²) in [5.74, 6) is -1.42. The average molecular weight is 198 g/mol. The fraction of sp³-hybridized carbons (Fsp3) is 0.375. The van der Waals surface area contributed by atoms with Crippen molar-refractivity contribution in [3.8, 4) is 0 Å². The first-order valence-electron chi connectivity index (χ1n) is 3.72. The lowest BCUT2D eigenvalue weighted by atomic mass is 10.1. The van der Waals surface area contributed by atoms with Crippen molar-refractivity contribution in [3.63, 3.8) is 0 Å². The van der Waals surface area contributed by atoms with Gasteiger partial charge in [0, 0.05) is 14.1 Å². The Kier molecular flexibility index (Phi) is 2.47. The minimum absolute atomic E-state index is 0.230. The van der Waals surface area contributed by atoms with Crippen molar-refractivity contribution in [2.24, 2.45) is 5.92 Å². The molecular formula is C8H10N2O2S. The van der Waals surface area contributed by atoms with E-state index in [2.05, 4.69) is 6.58 Å². The molecule has 0 spiro atoms. The van der Waals surface area contributed by atoms with Crippen LogP contribution < -0.4 is 0 Å². The molecule has 1 aliphatic heterocycles. The zero-order chi connectivity index (χ0) is 10.2. The zero-order valence-corrected chi connectivity index (χ0v) is 8.30. The van der Waals surface area contributed by atoms with Crippen LogP contribution in [0.15, 0.2) is 12.7 Å². The molecule has 1 rings (SSSR count). The van der Waals surface area contributed by atoms with E-state index in [1.54, 1.807) is 14.1 Å². The maximum atomic E-state index is 11.4. The van der Waals surface area contributed by atoms with E-state index in [0.29, 0.717) is 0 Å². The highest BCUT2D eigenvalue weighted by Crippen LogP contribution is 2.15. The van der Waals surface area contributed by atoms with Gasteiger partial charge >= 0.3 is 0 Å². The predicted molar refractivity (Wildman–Crippen MR) is 51.8 cm³/mol. The number of carbonyl (C=O) groups excluding carboxylic acids is 2. The van der Waals surface area contributed by atoms with Crippen molar-refractivity contribution < 1.29 is 9.59 Å². The number of amides is 2. The monoisotopic (exact) mass is 198 g/mol. The first-order valence-corrected chi connectivity index (χ1v) is 4.13. The topological polar surface area (TPSA) is 40.6 Å². The van der Waals surface area contributed by atoms with Crippen LogP contribution in [-0.2, 0) is 9.59 Å². The molecule has 0 aromatic rings. The summed E-state index contributed by atoms with van der Waals surface area (Å²) in [4.78, 5) is 25.4. The van der Waals surface area contributed by atoms with Crippen molar-refractivity contribution >= 4 is 29.1 Å². The maximum absolute atomic E-state index is 11.4. The van der Waals surface area contributed by atoms with Crippen molar-refractivity contribution in [1.82, 2.24) is 9.80 Å². The van der Waals surface area contributed by atoms with E-state index >= 15 is 0 Å². The van der Waals surface area contributed by atoms with Crippen molar-refractivity contribution in [3.05, 3.63) is 12.7 Å². The Morgan fingerprint density at radius 2 is 1.69 bits per heavy atom. The summed E-state index contributed by atoms with van der Waals surface area (Å²) in [5, 5.41) is 0.230. The molecule has 0 aliphatic carbocycles. The van der Waals surface area contributed by atoms with Crippen LogP contribution in [0.3, 0.4) is 0 Å². The molecule has 0 aromatic heterocycles. The molecule has 2 amide bonds. The normalized spacial score (nSPS) is 19.7. The van der Waals surface area contributed by atoms with Gasteiger partial charge < -0.3 is 0 Å². The number of thiocarbonyl (C=S) groups is 1. The second-order valence-corrected chi connectivity index (χ2v) is 3.16. The van der Waals surface area contributed by atoms with Crippen molar-refractivity contribution in [1.29, 1.82) is 0 Å². The number of carbonyl (C=O) groups is 2. The Hall–Kier alpha value is -1.23. The standard InChI is InChI=1S/C8H10N2O2S/c1-4-5-6(11)9(2)8(13)10(3)7(5)12/h4-5H,1H2,2-3H3. The molecule has 1 aliphatic rings. The molecule has 1 heterocycles. The van der Waals surface area contributed by atoms with Crippen LogP contribution in [0.2, 0.25) is 0 Å². The van der Waals surface area contributed by atoms with E-state index in [9.17, 15) is 9.59 Å². The lowest BCUT2D eigenvalue weighted by Crippen LogP contribution is -2.56. The summed E-state index contributed by atoms with van der Waals surface area (Å²) >= 11 is 4.88. The van der Waals surface area contributed by atoms with E-state index < -0.39 is 5.92 Å².